The number of aromatic nitrogens is 4. The first-order valence-corrected chi connectivity index (χ1v) is 20.1. The summed E-state index contributed by atoms with van der Waals surface area (Å²) in [5.41, 5.74) is 3.50. The first kappa shape index (κ1) is 40.7. The molecule has 1 aliphatic rings. The molecule has 0 saturated carbocycles. The van der Waals surface area contributed by atoms with Gasteiger partial charge in [0.25, 0.3) is 5.56 Å². The second-order valence-electron chi connectivity index (χ2n) is 14.2. The highest BCUT2D eigenvalue weighted by Gasteiger charge is 2.71. The fraction of sp³-hybridized carbons (Fsp3) is 0.400. The minimum atomic E-state index is -3.72. The van der Waals surface area contributed by atoms with Gasteiger partial charge in [-0.2, -0.15) is 14.8 Å². The van der Waals surface area contributed by atoms with Gasteiger partial charge in [0.1, 0.15) is 29.9 Å². The third kappa shape index (κ3) is 6.71. The lowest BCUT2D eigenvalue weighted by atomic mass is 9.60. The number of imidazole rings is 1. The molecule has 16 heteroatoms. The van der Waals surface area contributed by atoms with Gasteiger partial charge in [-0.15, -0.1) is 4.67 Å². The third-order valence-electron chi connectivity index (χ3n) is 10.4. The smallest absolute Gasteiger partial charge is 0.347 e. The van der Waals surface area contributed by atoms with Crippen molar-refractivity contribution in [3.63, 3.8) is 0 Å². The van der Waals surface area contributed by atoms with Crippen molar-refractivity contribution in [3.8, 4) is 17.6 Å². The van der Waals surface area contributed by atoms with Gasteiger partial charge in [0.05, 0.1) is 45.1 Å². The number of ether oxygens (including phenoxy) is 3. The van der Waals surface area contributed by atoms with Crippen molar-refractivity contribution in [3.05, 3.63) is 112 Å². The summed E-state index contributed by atoms with van der Waals surface area (Å²) < 4.78 is 28.5. The van der Waals surface area contributed by atoms with Gasteiger partial charge in [-0.25, -0.2) is 9.88 Å². The molecule has 5 aromatic rings. The second-order valence-corrected chi connectivity index (χ2v) is 16.7. The van der Waals surface area contributed by atoms with Gasteiger partial charge in [0.2, 0.25) is 5.95 Å². The summed E-state index contributed by atoms with van der Waals surface area (Å²) >= 11 is 0. The van der Waals surface area contributed by atoms with E-state index in [0.717, 1.165) is 0 Å². The molecule has 1 unspecified atom stereocenters. The first-order chi connectivity index (χ1) is 26.8. The lowest BCUT2D eigenvalue weighted by Crippen LogP contribution is -2.61. The van der Waals surface area contributed by atoms with E-state index < -0.39 is 49.5 Å². The number of nitrogen functional groups attached to an aromatic ring is 1. The Morgan fingerprint density at radius 1 is 1.00 bits per heavy atom. The standard InChI is InChI=1S/C40H48N7O8P/c1-25(2)47(26(3)4)56(51,22-10-21-41)55-34-32(23-48)54-40(35(34)49,46-24-43-33-36(46)44-38(42)45-37(33)50)39(27-11-8-7-9-12-27,28-13-17-30(52-5)18-14-28)29-15-19-31(53-6)20-16-29/h7-9,11-20,24-26,32,34-35,48-49,51H,10,22-23H2,1-6H3,(H2-,42,44,45,50)/p+1/t32-,34-,35-,40+,56?/m1/s1. The van der Waals surface area contributed by atoms with Crippen LogP contribution in [-0.2, 0) is 20.4 Å². The number of benzene rings is 3. The lowest BCUT2D eigenvalue weighted by Gasteiger charge is -2.51. The summed E-state index contributed by atoms with van der Waals surface area (Å²) in [6.45, 7) is 6.98. The van der Waals surface area contributed by atoms with E-state index in [1.165, 1.54) is 10.9 Å². The average Bonchev–Trinajstić information content (AvgIpc) is 3.74. The summed E-state index contributed by atoms with van der Waals surface area (Å²) in [6, 6.07) is 25.5. The Balaban J connectivity index is 1.78. The number of aliphatic hydroxyl groups excluding tert-OH is 2. The Hall–Kier alpha value is -4.91. The number of rotatable bonds is 15. The third-order valence-corrected chi connectivity index (χ3v) is 13.4. The van der Waals surface area contributed by atoms with E-state index in [9.17, 15) is 25.2 Å². The van der Waals surface area contributed by atoms with E-state index in [4.69, 9.17) is 24.5 Å². The minimum absolute atomic E-state index is 0.0227. The minimum Gasteiger partial charge on any atom is -0.497 e. The van der Waals surface area contributed by atoms with Crippen LogP contribution in [0.5, 0.6) is 11.5 Å². The number of hydrogen-bond acceptors (Lipinski definition) is 13. The number of nitrogens with one attached hydrogen (secondary N) is 1. The highest BCUT2D eigenvalue weighted by Crippen LogP contribution is 2.66. The number of nitriles is 1. The summed E-state index contributed by atoms with van der Waals surface area (Å²) in [5.74, 6) is 0.912. The predicted molar refractivity (Wildman–Crippen MR) is 212 cm³/mol. The topological polar surface area (TPSA) is 214 Å². The van der Waals surface area contributed by atoms with Crippen LogP contribution in [0.25, 0.3) is 11.2 Å². The summed E-state index contributed by atoms with van der Waals surface area (Å²) in [5, 5.41) is 34.4. The molecule has 56 heavy (non-hydrogen) atoms. The van der Waals surface area contributed by atoms with Gasteiger partial charge < -0.3 is 30.2 Å². The number of fused-ring (bicyclic) bond motifs is 1. The maximum absolute atomic E-state index is 13.5. The van der Waals surface area contributed by atoms with E-state index in [1.807, 2.05) is 87.0 Å². The molecule has 0 aliphatic carbocycles. The predicted octanol–water partition coefficient (Wildman–Crippen LogP) is 4.33. The normalized spacial score (nSPS) is 21.1. The molecule has 1 fully saturated rings. The van der Waals surface area contributed by atoms with E-state index >= 15 is 0 Å². The number of aliphatic hydroxyl groups is 2. The van der Waals surface area contributed by atoms with Crippen molar-refractivity contribution >= 4 is 25.0 Å². The molecule has 5 atom stereocenters. The monoisotopic (exact) mass is 786 g/mol. The van der Waals surface area contributed by atoms with Crippen LogP contribution in [0.1, 0.15) is 50.8 Å². The molecule has 3 aromatic carbocycles. The van der Waals surface area contributed by atoms with E-state index in [1.54, 1.807) is 38.5 Å². The van der Waals surface area contributed by atoms with Gasteiger partial charge in [-0.1, -0.05) is 54.6 Å². The van der Waals surface area contributed by atoms with Gasteiger partial charge in [0, 0.05) is 12.1 Å². The Morgan fingerprint density at radius 2 is 1.55 bits per heavy atom. The van der Waals surface area contributed by atoms with E-state index in [-0.39, 0.29) is 41.8 Å². The van der Waals surface area contributed by atoms with Crippen molar-refractivity contribution in [2.75, 3.05) is 32.7 Å². The number of H-pyrrole nitrogens is 1. The van der Waals surface area contributed by atoms with Crippen molar-refractivity contribution < 1.29 is 33.8 Å². The van der Waals surface area contributed by atoms with Crippen LogP contribution in [0.2, 0.25) is 0 Å². The van der Waals surface area contributed by atoms with Crippen molar-refractivity contribution in [1.29, 1.82) is 5.26 Å². The molecule has 296 valence electrons. The average molecular weight is 787 g/mol. The number of nitrogens with two attached hydrogens (primary N) is 1. The SMILES string of the molecule is COc1ccc(C(c2ccccc2)(c2ccc(OC)cc2)[C@@]2(n3cnc4c(=O)[nH]c(N)nc43)O[C@H](CO)[C@@H](O[P+](O)(CCC#N)N(C(C)C)C(C)C)[C@H]2O)cc1. The van der Waals surface area contributed by atoms with Crippen LogP contribution in [0.3, 0.4) is 0 Å². The van der Waals surface area contributed by atoms with E-state index in [0.29, 0.717) is 28.2 Å². The highest BCUT2D eigenvalue weighted by molar-refractivity contribution is 7.63. The fourth-order valence-corrected chi connectivity index (χ4v) is 11.3. The molecular formula is C40H49N7O8P+. The molecule has 6 rings (SSSR count). The zero-order chi connectivity index (χ0) is 40.4. The summed E-state index contributed by atoms with van der Waals surface area (Å²) in [4.78, 5) is 37.5. The first-order valence-electron chi connectivity index (χ1n) is 18.3. The van der Waals surface area contributed by atoms with Crippen LogP contribution < -0.4 is 20.8 Å². The Morgan fingerprint density at radius 3 is 2.05 bits per heavy atom. The lowest BCUT2D eigenvalue weighted by molar-refractivity contribution is -0.175. The zero-order valence-electron chi connectivity index (χ0n) is 32.2. The van der Waals surface area contributed by atoms with Crippen molar-refractivity contribution in [2.45, 2.75) is 75.7 Å². The molecule has 6 N–H and O–H groups in total. The molecule has 0 spiro atoms. The van der Waals surface area contributed by atoms with Crippen molar-refractivity contribution in [2.24, 2.45) is 0 Å². The van der Waals surface area contributed by atoms with Crippen LogP contribution in [0, 0.1) is 11.3 Å². The molecule has 15 nitrogen and oxygen atoms in total. The molecule has 0 amide bonds. The molecule has 2 aromatic heterocycles. The number of anilines is 1. The van der Waals surface area contributed by atoms with Crippen LogP contribution in [0.4, 0.5) is 5.95 Å². The number of nitrogens with zero attached hydrogens (tertiary/aromatic N) is 5. The summed E-state index contributed by atoms with van der Waals surface area (Å²) in [6.07, 6.45) is -3.22. The molecule has 1 saturated heterocycles. The molecular weight excluding hydrogens is 737 g/mol. The zero-order valence-corrected chi connectivity index (χ0v) is 33.1. The number of aromatic amines is 1. The van der Waals surface area contributed by atoms with Crippen molar-refractivity contribution in [1.82, 2.24) is 24.2 Å². The number of methoxy groups -OCH3 is 2. The van der Waals surface area contributed by atoms with Crippen LogP contribution >= 0.6 is 7.87 Å². The highest BCUT2D eigenvalue weighted by atomic mass is 31.2. The Bertz CT molecular complexity index is 2160. The maximum atomic E-state index is 13.5. The Labute approximate surface area is 325 Å². The van der Waals surface area contributed by atoms with E-state index in [2.05, 4.69) is 21.0 Å². The largest absolute Gasteiger partial charge is 0.497 e. The maximum Gasteiger partial charge on any atom is 0.347 e. The Kier molecular flexibility index (Phi) is 11.8. The quantitative estimate of drug-likeness (QED) is 0.0739. The van der Waals surface area contributed by atoms with Crippen LogP contribution in [0.15, 0.2) is 90.0 Å². The number of hydrogen-bond donors (Lipinski definition) is 5. The summed E-state index contributed by atoms with van der Waals surface area (Å²) in [7, 11) is -0.607. The molecule has 3 heterocycles. The van der Waals surface area contributed by atoms with Crippen LogP contribution in [-0.4, -0.2) is 96.7 Å². The van der Waals surface area contributed by atoms with Gasteiger partial charge in [-0.3, -0.25) is 14.3 Å². The molecule has 0 bridgehead atoms. The molecule has 1 aliphatic heterocycles. The fourth-order valence-electron chi connectivity index (χ4n) is 8.34. The van der Waals surface area contributed by atoms with Gasteiger partial charge >= 0.3 is 7.87 Å². The van der Waals surface area contributed by atoms with Gasteiger partial charge in [-0.05, 0) is 68.7 Å². The second kappa shape index (κ2) is 16.3. The molecule has 0 radical (unpaired) electrons. The van der Waals surface area contributed by atoms with Gasteiger partial charge in [0.15, 0.2) is 23.0 Å².